The molecule has 0 bridgehead atoms. The number of halogens is 1. The van der Waals surface area contributed by atoms with E-state index in [2.05, 4.69) is 18.8 Å². The van der Waals surface area contributed by atoms with Crippen LogP contribution in [0.4, 0.5) is 0 Å². The second kappa shape index (κ2) is 16.8. The third-order valence-corrected chi connectivity index (χ3v) is 6.66. The molecule has 36 heavy (non-hydrogen) atoms. The number of benzene rings is 2. The van der Waals surface area contributed by atoms with Crippen molar-refractivity contribution in [2.24, 2.45) is 0 Å². The van der Waals surface area contributed by atoms with Gasteiger partial charge in [-0.05, 0) is 54.7 Å². The van der Waals surface area contributed by atoms with Crippen LogP contribution in [0.3, 0.4) is 0 Å². The number of carbonyl (C=O) groups is 2. The van der Waals surface area contributed by atoms with E-state index in [1.807, 2.05) is 49.4 Å². The van der Waals surface area contributed by atoms with Crippen molar-refractivity contribution in [3.63, 3.8) is 0 Å². The van der Waals surface area contributed by atoms with E-state index in [4.69, 9.17) is 11.6 Å². The van der Waals surface area contributed by atoms with Gasteiger partial charge in [-0.1, -0.05) is 107 Å². The van der Waals surface area contributed by atoms with E-state index in [-0.39, 0.29) is 6.04 Å². The van der Waals surface area contributed by atoms with Crippen molar-refractivity contribution < 1.29 is 14.7 Å². The second-order valence-corrected chi connectivity index (χ2v) is 9.69. The Morgan fingerprint density at radius 1 is 0.944 bits per heavy atom. The molecule has 0 spiro atoms. The molecule has 0 radical (unpaired) electrons. The zero-order valence-corrected chi connectivity index (χ0v) is 22.5. The van der Waals surface area contributed by atoms with Crippen molar-refractivity contribution in [1.29, 1.82) is 0 Å². The minimum atomic E-state index is -1.44. The quantitative estimate of drug-likeness (QED) is 0.160. The van der Waals surface area contributed by atoms with Gasteiger partial charge in [0.05, 0.1) is 6.04 Å². The number of carbonyl (C=O) groups excluding carboxylic acids is 1. The van der Waals surface area contributed by atoms with Crippen LogP contribution in [0.1, 0.15) is 101 Å². The van der Waals surface area contributed by atoms with Crippen molar-refractivity contribution in [2.75, 3.05) is 6.54 Å². The van der Waals surface area contributed by atoms with E-state index in [0.29, 0.717) is 24.4 Å². The van der Waals surface area contributed by atoms with Gasteiger partial charge in [0, 0.05) is 23.6 Å². The number of carboxylic acid groups (broad SMARTS) is 1. The van der Waals surface area contributed by atoms with E-state index >= 15 is 0 Å². The van der Waals surface area contributed by atoms with Crippen LogP contribution < -0.4 is 0 Å². The number of rotatable bonds is 14. The van der Waals surface area contributed by atoms with Gasteiger partial charge in [0.2, 0.25) is 0 Å². The second-order valence-electron chi connectivity index (χ2n) is 9.26. The van der Waals surface area contributed by atoms with Crippen LogP contribution in [0.5, 0.6) is 0 Å². The summed E-state index contributed by atoms with van der Waals surface area (Å²) < 4.78 is 0. The van der Waals surface area contributed by atoms with Crippen LogP contribution in [0, 0.1) is 11.8 Å². The molecule has 194 valence electrons. The Morgan fingerprint density at radius 3 is 2.22 bits per heavy atom. The van der Waals surface area contributed by atoms with Gasteiger partial charge in [-0.15, -0.1) is 0 Å². The lowest BCUT2D eigenvalue weighted by atomic mass is 10.00. The van der Waals surface area contributed by atoms with E-state index in [1.165, 1.54) is 49.8 Å². The first-order chi connectivity index (χ1) is 17.5. The van der Waals surface area contributed by atoms with Crippen molar-refractivity contribution in [1.82, 2.24) is 4.90 Å². The van der Waals surface area contributed by atoms with Gasteiger partial charge in [0.15, 0.2) is 0 Å². The average Bonchev–Trinajstić information content (AvgIpc) is 2.88. The number of hydrogen-bond acceptors (Lipinski definition) is 2. The molecule has 0 heterocycles. The molecule has 1 amide bonds. The molecule has 5 heteroatoms. The SMILES string of the molecule is CCCCCCCCCCC#Cc1ccc(C(CC)N(CCc2cccc(Cl)c2)C(=O)C(=O)O)cc1. The van der Waals surface area contributed by atoms with Gasteiger partial charge in [-0.2, -0.15) is 0 Å². The third kappa shape index (κ3) is 10.5. The molecule has 1 atom stereocenters. The Hall–Kier alpha value is -2.77. The summed E-state index contributed by atoms with van der Waals surface area (Å²) in [6.07, 6.45) is 12.4. The summed E-state index contributed by atoms with van der Waals surface area (Å²) in [7, 11) is 0. The number of nitrogens with zero attached hydrogens (tertiary/aromatic N) is 1. The standard InChI is InChI=1S/C31H40ClNO3/c1-3-5-6-7-8-9-10-11-12-13-15-25-18-20-27(21-19-25)29(4-2)33(30(34)31(35)36)23-22-26-16-14-17-28(32)24-26/h14,16-21,24,29H,3-12,22-23H2,1-2H3,(H,35,36). The summed E-state index contributed by atoms with van der Waals surface area (Å²) >= 11 is 6.08. The Balaban J connectivity index is 1.95. The molecule has 2 rings (SSSR count). The summed E-state index contributed by atoms with van der Waals surface area (Å²) in [5, 5.41) is 10.0. The summed E-state index contributed by atoms with van der Waals surface area (Å²) in [4.78, 5) is 25.6. The Kier molecular flexibility index (Phi) is 13.8. The summed E-state index contributed by atoms with van der Waals surface area (Å²) in [5.74, 6) is 4.17. The molecule has 0 saturated heterocycles. The fourth-order valence-corrected chi connectivity index (χ4v) is 4.61. The zero-order valence-electron chi connectivity index (χ0n) is 21.8. The van der Waals surface area contributed by atoms with Crippen LogP contribution in [-0.4, -0.2) is 28.4 Å². The Labute approximate surface area is 222 Å². The van der Waals surface area contributed by atoms with Crippen LogP contribution in [0.15, 0.2) is 48.5 Å². The molecule has 1 unspecified atom stereocenters. The van der Waals surface area contributed by atoms with E-state index in [1.54, 1.807) is 6.07 Å². The maximum absolute atomic E-state index is 12.6. The first-order valence-electron chi connectivity index (χ1n) is 13.3. The molecule has 0 saturated carbocycles. The number of unbranched alkanes of at least 4 members (excludes halogenated alkanes) is 8. The maximum atomic E-state index is 12.6. The molecular formula is C31H40ClNO3. The minimum Gasteiger partial charge on any atom is -0.474 e. The van der Waals surface area contributed by atoms with Crippen LogP contribution in [-0.2, 0) is 16.0 Å². The molecule has 2 aromatic carbocycles. The number of hydrogen-bond donors (Lipinski definition) is 1. The lowest BCUT2D eigenvalue weighted by Gasteiger charge is -2.30. The first-order valence-corrected chi connectivity index (χ1v) is 13.7. The van der Waals surface area contributed by atoms with Crippen molar-refractivity contribution in [3.8, 4) is 11.8 Å². The lowest BCUT2D eigenvalue weighted by molar-refractivity contribution is -0.157. The Bertz CT molecular complexity index is 1010. The van der Waals surface area contributed by atoms with Crippen molar-refractivity contribution in [3.05, 3.63) is 70.2 Å². The molecule has 0 aliphatic carbocycles. The highest BCUT2D eigenvalue weighted by molar-refractivity contribution is 6.31. The first kappa shape index (κ1) is 29.5. The summed E-state index contributed by atoms with van der Waals surface area (Å²) in [6.45, 7) is 4.50. The largest absolute Gasteiger partial charge is 0.474 e. The van der Waals surface area contributed by atoms with Crippen molar-refractivity contribution >= 4 is 23.5 Å². The normalized spacial score (nSPS) is 11.4. The minimum absolute atomic E-state index is 0.296. The predicted octanol–water partition coefficient (Wildman–Crippen LogP) is 7.83. The highest BCUT2D eigenvalue weighted by Gasteiger charge is 2.28. The van der Waals surface area contributed by atoms with Gasteiger partial charge in [-0.25, -0.2) is 4.79 Å². The topological polar surface area (TPSA) is 57.6 Å². The highest BCUT2D eigenvalue weighted by Crippen LogP contribution is 2.26. The van der Waals surface area contributed by atoms with Gasteiger partial charge >= 0.3 is 11.9 Å². The molecule has 4 nitrogen and oxygen atoms in total. The number of carboxylic acids is 1. The molecule has 2 aromatic rings. The van der Waals surface area contributed by atoms with Gasteiger partial charge in [-0.3, -0.25) is 4.79 Å². The Morgan fingerprint density at radius 2 is 1.61 bits per heavy atom. The molecule has 0 fully saturated rings. The van der Waals surface area contributed by atoms with E-state index in [0.717, 1.165) is 29.5 Å². The highest BCUT2D eigenvalue weighted by atomic mass is 35.5. The van der Waals surface area contributed by atoms with Crippen molar-refractivity contribution in [2.45, 2.75) is 90.5 Å². The number of aliphatic carboxylic acids is 1. The fraction of sp³-hybridized carbons (Fsp3) is 0.484. The fourth-order valence-electron chi connectivity index (χ4n) is 4.40. The molecule has 0 aromatic heterocycles. The number of amides is 1. The third-order valence-electron chi connectivity index (χ3n) is 6.42. The van der Waals surface area contributed by atoms with Gasteiger partial charge in [0.1, 0.15) is 0 Å². The molecule has 1 N–H and O–H groups in total. The van der Waals surface area contributed by atoms with E-state index in [9.17, 15) is 14.7 Å². The smallest absolute Gasteiger partial charge is 0.394 e. The molecule has 0 aliphatic heterocycles. The van der Waals surface area contributed by atoms with Crippen LogP contribution >= 0.6 is 11.6 Å². The monoisotopic (exact) mass is 509 g/mol. The van der Waals surface area contributed by atoms with E-state index < -0.39 is 11.9 Å². The van der Waals surface area contributed by atoms with Crippen LogP contribution in [0.25, 0.3) is 0 Å². The zero-order chi connectivity index (χ0) is 26.2. The van der Waals surface area contributed by atoms with Gasteiger partial charge in [0.25, 0.3) is 0 Å². The lowest BCUT2D eigenvalue weighted by Crippen LogP contribution is -2.40. The predicted molar refractivity (Wildman–Crippen MR) is 148 cm³/mol. The summed E-state index contributed by atoms with van der Waals surface area (Å²) in [5.41, 5.74) is 2.80. The molecule has 0 aliphatic rings. The average molecular weight is 510 g/mol. The van der Waals surface area contributed by atoms with Crippen LogP contribution in [0.2, 0.25) is 5.02 Å². The summed E-state index contributed by atoms with van der Waals surface area (Å²) in [6, 6.07) is 14.9. The maximum Gasteiger partial charge on any atom is 0.394 e. The molecular weight excluding hydrogens is 470 g/mol. The van der Waals surface area contributed by atoms with Gasteiger partial charge < -0.3 is 10.0 Å².